The summed E-state index contributed by atoms with van der Waals surface area (Å²) in [6.07, 6.45) is 119. The van der Waals surface area contributed by atoms with Gasteiger partial charge in [0.25, 0.3) is 0 Å². The first kappa shape index (κ1) is 92.6. The van der Waals surface area contributed by atoms with E-state index in [9.17, 15) is 19.0 Å². The number of quaternary nitrogens is 1. The Bertz CT molecular complexity index is 2410. The van der Waals surface area contributed by atoms with Gasteiger partial charge in [0.1, 0.15) is 19.8 Å². The van der Waals surface area contributed by atoms with Crippen LogP contribution in [0, 0.1) is 0 Å². The number of esters is 2. The Morgan fingerprint density at radius 3 is 0.816 bits per heavy atom. The summed E-state index contributed by atoms with van der Waals surface area (Å²) in [6.45, 7) is 4.19. The second kappa shape index (κ2) is 75.8. The molecule has 0 spiro atoms. The lowest BCUT2D eigenvalue weighted by Gasteiger charge is -2.24. The molecule has 2 atom stereocenters. The number of unbranched alkanes of at least 4 members (excludes halogenated alkanes) is 21. The average molecular weight is 1370 g/mol. The van der Waals surface area contributed by atoms with Crippen molar-refractivity contribution in [3.63, 3.8) is 0 Å². The predicted molar refractivity (Wildman–Crippen MR) is 426 cm³/mol. The molecule has 0 aliphatic heterocycles. The van der Waals surface area contributed by atoms with E-state index in [1.807, 2.05) is 21.1 Å². The average Bonchev–Trinajstić information content (AvgIpc) is 1.08. The summed E-state index contributed by atoms with van der Waals surface area (Å²) in [7, 11) is 1.45. The molecule has 0 aliphatic carbocycles. The minimum absolute atomic E-state index is 0.0206. The van der Waals surface area contributed by atoms with Gasteiger partial charge in [0, 0.05) is 12.8 Å². The van der Waals surface area contributed by atoms with E-state index in [1.54, 1.807) is 0 Å². The van der Waals surface area contributed by atoms with E-state index in [0.29, 0.717) is 17.4 Å². The van der Waals surface area contributed by atoms with Crippen LogP contribution < -0.4 is 0 Å². The molecule has 0 rings (SSSR count). The Morgan fingerprint density at radius 1 is 0.316 bits per heavy atom. The smallest absolute Gasteiger partial charge is 0.462 e. The van der Waals surface area contributed by atoms with Crippen LogP contribution in [0.4, 0.5) is 0 Å². The van der Waals surface area contributed by atoms with E-state index < -0.39 is 26.5 Å². The van der Waals surface area contributed by atoms with Crippen LogP contribution in [0.25, 0.3) is 0 Å². The maximum atomic E-state index is 12.9. The number of carbonyl (C=O) groups excluding carboxylic acids is 2. The number of likely N-dealkylation sites (N-methyl/N-ethyl adjacent to an activating group) is 1. The number of hydrogen-bond donors (Lipinski definition) is 1. The zero-order chi connectivity index (χ0) is 71.1. The Morgan fingerprint density at radius 2 is 0.551 bits per heavy atom. The van der Waals surface area contributed by atoms with Gasteiger partial charge in [-0.15, -0.1) is 0 Å². The molecule has 9 nitrogen and oxygen atoms in total. The van der Waals surface area contributed by atoms with Gasteiger partial charge < -0.3 is 18.9 Å². The second-order valence-electron chi connectivity index (χ2n) is 26.3. The van der Waals surface area contributed by atoms with Gasteiger partial charge in [-0.3, -0.25) is 18.6 Å². The van der Waals surface area contributed by atoms with E-state index in [4.69, 9.17) is 18.5 Å². The van der Waals surface area contributed by atoms with E-state index in [-0.39, 0.29) is 32.0 Å². The Kier molecular flexibility index (Phi) is 71.6. The predicted octanol–water partition coefficient (Wildman–Crippen LogP) is 26.2. The minimum atomic E-state index is -4.41. The van der Waals surface area contributed by atoms with Crippen molar-refractivity contribution in [3.8, 4) is 0 Å². The number of ether oxygens (including phenoxy) is 2. The zero-order valence-electron chi connectivity index (χ0n) is 62.9. The fourth-order valence-corrected chi connectivity index (χ4v) is 10.7. The number of hydrogen-bond acceptors (Lipinski definition) is 7. The number of carbonyl (C=O) groups is 2. The highest BCUT2D eigenvalue weighted by molar-refractivity contribution is 7.47. The van der Waals surface area contributed by atoms with Crippen molar-refractivity contribution in [1.82, 2.24) is 0 Å². The van der Waals surface area contributed by atoms with Crippen molar-refractivity contribution in [2.24, 2.45) is 0 Å². The molecule has 0 aromatic rings. The summed E-state index contributed by atoms with van der Waals surface area (Å²) in [4.78, 5) is 36.0. The Labute approximate surface area is 602 Å². The first-order valence-electron chi connectivity index (χ1n) is 38.8. The van der Waals surface area contributed by atoms with Gasteiger partial charge in [-0.1, -0.05) is 330 Å². The summed E-state index contributed by atoms with van der Waals surface area (Å²) in [5, 5.41) is 0. The van der Waals surface area contributed by atoms with Crippen LogP contribution in [-0.2, 0) is 32.7 Å². The molecule has 1 N–H and O–H groups in total. The topological polar surface area (TPSA) is 108 Å². The molecule has 98 heavy (non-hydrogen) atoms. The molecular formula is C88H143NO8P+. The summed E-state index contributed by atoms with van der Waals surface area (Å²) in [6, 6.07) is 0. The third kappa shape index (κ3) is 79.6. The lowest BCUT2D eigenvalue weighted by molar-refractivity contribution is -0.870. The number of allylic oxidation sites excluding steroid dienone is 34. The lowest BCUT2D eigenvalue weighted by Crippen LogP contribution is -2.37. The largest absolute Gasteiger partial charge is 0.472 e. The summed E-state index contributed by atoms with van der Waals surface area (Å²) in [5.74, 6) is -0.815. The van der Waals surface area contributed by atoms with Crippen molar-refractivity contribution < 1.29 is 42.1 Å². The van der Waals surface area contributed by atoms with Crippen LogP contribution in [0.1, 0.15) is 284 Å². The third-order valence-electron chi connectivity index (χ3n) is 15.8. The number of rotatable bonds is 69. The molecule has 0 fully saturated rings. The molecule has 552 valence electrons. The molecule has 0 aliphatic rings. The van der Waals surface area contributed by atoms with Crippen LogP contribution in [0.15, 0.2) is 207 Å². The number of nitrogens with zero attached hydrogens (tertiary/aromatic N) is 1. The first-order valence-corrected chi connectivity index (χ1v) is 40.3. The second-order valence-corrected chi connectivity index (χ2v) is 27.7. The minimum Gasteiger partial charge on any atom is -0.462 e. The van der Waals surface area contributed by atoms with Crippen LogP contribution in [0.2, 0.25) is 0 Å². The van der Waals surface area contributed by atoms with Crippen LogP contribution in [0.5, 0.6) is 0 Å². The normalized spacial score (nSPS) is 14.2. The van der Waals surface area contributed by atoms with Gasteiger partial charge in [-0.2, -0.15) is 0 Å². The maximum absolute atomic E-state index is 12.9. The number of phosphoric acid groups is 1. The quantitative estimate of drug-likeness (QED) is 0.0211. The zero-order valence-corrected chi connectivity index (χ0v) is 63.8. The van der Waals surface area contributed by atoms with Crippen molar-refractivity contribution in [2.45, 2.75) is 290 Å². The van der Waals surface area contributed by atoms with Gasteiger partial charge >= 0.3 is 19.8 Å². The van der Waals surface area contributed by atoms with E-state index in [2.05, 4.69) is 220 Å². The highest BCUT2D eigenvalue weighted by atomic mass is 31.2. The molecule has 0 aromatic carbocycles. The lowest BCUT2D eigenvalue weighted by atomic mass is 10.0. The molecule has 0 saturated carbocycles. The first-order chi connectivity index (χ1) is 48.0. The van der Waals surface area contributed by atoms with Gasteiger partial charge in [0.15, 0.2) is 6.10 Å². The highest BCUT2D eigenvalue weighted by Gasteiger charge is 2.27. The van der Waals surface area contributed by atoms with Crippen molar-refractivity contribution in [2.75, 3.05) is 47.5 Å². The molecule has 10 heteroatoms. The monoisotopic (exact) mass is 1370 g/mol. The standard InChI is InChI=1S/C88H142NO8P/c1-6-8-10-12-14-16-18-20-22-24-26-28-30-32-34-36-38-40-41-42-43-44-45-46-47-49-51-53-55-57-59-61-63-65-67-69-71-73-75-77-79-81-88(91)97-86(85-96-98(92,93)95-83-82-89(3,4)5)84-94-87(90)80-78-76-74-72-70-68-66-64-62-60-58-56-54-52-50-48-39-37-35-33-31-29-27-25-23-21-19-17-15-13-11-9-7-2/h8-11,14-17,20-23,26-29,32-35,38-40,42-43,45-46,48-49,51-52,54-55,57,86H,6-7,12-13,18-19,24-25,30-31,36-37,41,44,47,50,53,56,58-85H2,1-5H3/p+1/b10-8-,11-9-,16-14-,17-15-,22-20-,23-21-,28-26-,29-27-,34-32-,35-33-,40-38-,43-42-,46-45-,48-39-,51-49-,54-52-,57-55-. The van der Waals surface area contributed by atoms with Crippen molar-refractivity contribution in [1.29, 1.82) is 0 Å². The van der Waals surface area contributed by atoms with Crippen LogP contribution in [0.3, 0.4) is 0 Å². The van der Waals surface area contributed by atoms with E-state index in [1.165, 1.54) is 83.5 Å². The molecular weight excluding hydrogens is 1230 g/mol. The molecule has 0 saturated heterocycles. The Hall–Kier alpha value is -5.41. The fraction of sp³-hybridized carbons (Fsp3) is 0.591. The maximum Gasteiger partial charge on any atom is 0.472 e. The number of phosphoric ester groups is 1. The fourth-order valence-electron chi connectivity index (χ4n) is 9.97. The molecule has 0 amide bonds. The van der Waals surface area contributed by atoms with Gasteiger partial charge in [0.2, 0.25) is 0 Å². The van der Waals surface area contributed by atoms with E-state index >= 15 is 0 Å². The van der Waals surface area contributed by atoms with Gasteiger partial charge in [-0.25, -0.2) is 4.57 Å². The third-order valence-corrected chi connectivity index (χ3v) is 16.8. The SMILES string of the molecule is CC/C=C\C/C=C\C/C=C\C/C=C\C/C=C\C/C=C\C/C=C\C/C=C\C/C=C\C/C=C\CCCCCCCCCCCCC(=O)OC(COC(=O)CCCCCCCCCCCCC/C=C\C/C=C\C/C=C\C/C=C\C/C=C\C/C=C\C/C=C\CC)COP(=O)(O)OCC[N+](C)(C)C. The van der Waals surface area contributed by atoms with Crippen LogP contribution >= 0.6 is 7.82 Å². The van der Waals surface area contributed by atoms with Crippen LogP contribution in [-0.4, -0.2) is 74.9 Å². The van der Waals surface area contributed by atoms with Crippen molar-refractivity contribution >= 4 is 19.8 Å². The van der Waals surface area contributed by atoms with Gasteiger partial charge in [-0.05, 0) is 148 Å². The molecule has 0 radical (unpaired) electrons. The molecule has 0 heterocycles. The summed E-state index contributed by atoms with van der Waals surface area (Å²) in [5.41, 5.74) is 0. The van der Waals surface area contributed by atoms with Gasteiger partial charge in [0.05, 0.1) is 27.7 Å². The summed E-state index contributed by atoms with van der Waals surface area (Å²) >= 11 is 0. The molecule has 0 aromatic heterocycles. The van der Waals surface area contributed by atoms with E-state index in [0.717, 1.165) is 167 Å². The summed E-state index contributed by atoms with van der Waals surface area (Å²) < 4.78 is 34.8. The Balaban J connectivity index is 4.10. The molecule has 2 unspecified atom stereocenters. The van der Waals surface area contributed by atoms with Crippen molar-refractivity contribution in [3.05, 3.63) is 207 Å². The molecule has 0 bridgehead atoms. The highest BCUT2D eigenvalue weighted by Crippen LogP contribution is 2.43.